The lowest BCUT2D eigenvalue weighted by atomic mass is 10.1. The summed E-state index contributed by atoms with van der Waals surface area (Å²) in [6, 6.07) is 11.6. The second kappa shape index (κ2) is 11.1. The summed E-state index contributed by atoms with van der Waals surface area (Å²) < 4.78 is 31.6. The van der Waals surface area contributed by atoms with Gasteiger partial charge in [0.25, 0.3) is 10.0 Å². The Morgan fingerprint density at radius 3 is 2.51 bits per heavy atom. The molecule has 188 valence electrons. The highest BCUT2D eigenvalue weighted by Gasteiger charge is 2.30. The van der Waals surface area contributed by atoms with Crippen molar-refractivity contribution in [3.63, 3.8) is 0 Å². The molecule has 1 saturated carbocycles. The summed E-state index contributed by atoms with van der Waals surface area (Å²) in [7, 11) is -3.81. The summed E-state index contributed by atoms with van der Waals surface area (Å²) in [5.41, 5.74) is 1.10. The molecule has 1 saturated heterocycles. The predicted octanol–water partition coefficient (Wildman–Crippen LogP) is 4.41. The van der Waals surface area contributed by atoms with E-state index < -0.39 is 10.0 Å². The van der Waals surface area contributed by atoms with Crippen molar-refractivity contribution in [3.05, 3.63) is 53.1 Å². The lowest BCUT2D eigenvalue weighted by molar-refractivity contribution is -0.114. The zero-order chi connectivity index (χ0) is 25.0. The number of rotatable bonds is 11. The van der Waals surface area contributed by atoms with Gasteiger partial charge in [0, 0.05) is 31.0 Å². The molecule has 2 N–H and O–H groups in total. The Bertz CT molecular complexity index is 1180. The Labute approximate surface area is 211 Å². The van der Waals surface area contributed by atoms with Gasteiger partial charge in [-0.1, -0.05) is 11.6 Å². The molecule has 1 amide bonds. The van der Waals surface area contributed by atoms with E-state index in [0.717, 1.165) is 49.8 Å². The van der Waals surface area contributed by atoms with Gasteiger partial charge in [-0.25, -0.2) is 13.4 Å². The van der Waals surface area contributed by atoms with Crippen molar-refractivity contribution in [1.29, 1.82) is 0 Å². The minimum absolute atomic E-state index is 0.0363. The number of sulfonamides is 1. The number of hydrogen-bond donors (Lipinski definition) is 2. The number of hydrogen-bond acceptors (Lipinski definition) is 6. The van der Waals surface area contributed by atoms with E-state index in [-0.39, 0.29) is 33.6 Å². The lowest BCUT2D eigenvalue weighted by Crippen LogP contribution is -2.45. The largest absolute Gasteiger partial charge is 0.494 e. The van der Waals surface area contributed by atoms with Crippen LogP contribution in [0.3, 0.4) is 0 Å². The molecule has 10 heteroatoms. The predicted molar refractivity (Wildman–Crippen MR) is 134 cm³/mol. The molecule has 2 aromatic carbocycles. The summed E-state index contributed by atoms with van der Waals surface area (Å²) in [6.07, 6.45) is 5.31. The molecule has 0 unspecified atom stereocenters. The molecule has 4 rings (SSSR count). The van der Waals surface area contributed by atoms with Gasteiger partial charge in [0.05, 0.1) is 22.2 Å². The number of hydrazine groups is 1. The fourth-order valence-electron chi connectivity index (χ4n) is 4.22. The molecule has 1 aliphatic heterocycles. The quantitative estimate of drug-likeness (QED) is 0.336. The molecule has 0 bridgehead atoms. The summed E-state index contributed by atoms with van der Waals surface area (Å²) in [6.45, 7) is 2.49. The number of ether oxygens (including phenoxy) is 1. The number of carbonyl (C=O) groups excluding carboxylic acids is 2. The van der Waals surface area contributed by atoms with Crippen LogP contribution in [-0.4, -0.2) is 44.3 Å². The molecule has 8 nitrogen and oxygen atoms in total. The van der Waals surface area contributed by atoms with Crippen LogP contribution in [0.1, 0.15) is 55.8 Å². The Kier molecular flexibility index (Phi) is 8.11. The van der Waals surface area contributed by atoms with Gasteiger partial charge in [0.15, 0.2) is 5.78 Å². The second-order valence-electron chi connectivity index (χ2n) is 9.06. The summed E-state index contributed by atoms with van der Waals surface area (Å²) >= 11 is 6.15. The maximum Gasteiger partial charge on any atom is 0.253 e. The minimum Gasteiger partial charge on any atom is -0.494 e. The third-order valence-corrected chi connectivity index (χ3v) is 7.88. The molecule has 0 radical (unpaired) electrons. The van der Waals surface area contributed by atoms with Crippen LogP contribution in [0.4, 0.5) is 5.69 Å². The number of anilines is 1. The normalized spacial score (nSPS) is 18.4. The van der Waals surface area contributed by atoms with E-state index in [4.69, 9.17) is 16.3 Å². The van der Waals surface area contributed by atoms with Crippen molar-refractivity contribution >= 4 is 39.0 Å². The van der Waals surface area contributed by atoms with Crippen LogP contribution < -0.4 is 14.9 Å². The van der Waals surface area contributed by atoms with Gasteiger partial charge in [-0.3, -0.25) is 9.59 Å². The van der Waals surface area contributed by atoms with Crippen molar-refractivity contribution in [2.45, 2.75) is 56.4 Å². The highest BCUT2D eigenvalue weighted by atomic mass is 35.5. The molecular formula is C25H30ClN3O5S. The summed E-state index contributed by atoms with van der Waals surface area (Å²) in [4.78, 5) is 26.1. The average molecular weight is 520 g/mol. The Morgan fingerprint density at radius 2 is 1.86 bits per heavy atom. The van der Waals surface area contributed by atoms with Gasteiger partial charge in [0.1, 0.15) is 5.75 Å². The van der Waals surface area contributed by atoms with Crippen molar-refractivity contribution in [2.24, 2.45) is 5.92 Å². The van der Waals surface area contributed by atoms with Gasteiger partial charge in [0.2, 0.25) is 5.91 Å². The van der Waals surface area contributed by atoms with Crippen LogP contribution in [0, 0.1) is 5.92 Å². The van der Waals surface area contributed by atoms with Gasteiger partial charge >= 0.3 is 0 Å². The van der Waals surface area contributed by atoms with Crippen LogP contribution in [-0.2, 0) is 14.8 Å². The van der Waals surface area contributed by atoms with Gasteiger partial charge < -0.3 is 10.1 Å². The number of amides is 1. The molecule has 0 aromatic heterocycles. The van der Waals surface area contributed by atoms with Crippen LogP contribution >= 0.6 is 11.6 Å². The SMILES string of the molecule is CC(=O)Nc1ccc(S(=O)(=O)NN2CCC[C@@H]2CCCOc2ccc(C(=O)C3CC3)cc2)cc1Cl. The molecular weight excluding hydrogens is 490 g/mol. The first-order chi connectivity index (χ1) is 16.7. The van der Waals surface area contributed by atoms with Crippen molar-refractivity contribution < 1.29 is 22.7 Å². The van der Waals surface area contributed by atoms with Gasteiger partial charge in [-0.05, 0) is 81.0 Å². The monoisotopic (exact) mass is 519 g/mol. The maximum absolute atomic E-state index is 12.9. The minimum atomic E-state index is -3.81. The first-order valence-corrected chi connectivity index (χ1v) is 13.7. The zero-order valence-corrected chi connectivity index (χ0v) is 21.2. The van der Waals surface area contributed by atoms with E-state index in [9.17, 15) is 18.0 Å². The van der Waals surface area contributed by atoms with E-state index in [1.54, 1.807) is 5.01 Å². The molecule has 1 aliphatic carbocycles. The molecule has 1 heterocycles. The number of nitrogens with zero attached hydrogens (tertiary/aromatic N) is 1. The molecule has 35 heavy (non-hydrogen) atoms. The smallest absolute Gasteiger partial charge is 0.253 e. The third kappa shape index (κ3) is 6.82. The molecule has 1 atom stereocenters. The first kappa shape index (κ1) is 25.6. The molecule has 0 spiro atoms. The van der Waals surface area contributed by atoms with E-state index >= 15 is 0 Å². The molecule has 2 aromatic rings. The number of halogens is 1. The van der Waals surface area contributed by atoms with Crippen LogP contribution in [0.2, 0.25) is 5.02 Å². The maximum atomic E-state index is 12.9. The average Bonchev–Trinajstić information content (AvgIpc) is 3.58. The Balaban J connectivity index is 1.26. The van der Waals surface area contributed by atoms with Gasteiger partial charge in [-0.15, -0.1) is 4.83 Å². The number of carbonyl (C=O) groups is 2. The van der Waals surface area contributed by atoms with Crippen molar-refractivity contribution in [1.82, 2.24) is 9.84 Å². The number of Topliss-reactive ketones (excluding diaryl/α,β-unsaturated/α-hetero) is 1. The van der Waals surface area contributed by atoms with Crippen LogP contribution in [0.5, 0.6) is 5.75 Å². The Hall–Kier alpha value is -2.46. The van der Waals surface area contributed by atoms with E-state index in [2.05, 4.69) is 10.1 Å². The first-order valence-electron chi connectivity index (χ1n) is 11.9. The topological polar surface area (TPSA) is 105 Å². The number of nitrogens with one attached hydrogen (secondary N) is 2. The lowest BCUT2D eigenvalue weighted by Gasteiger charge is -2.25. The highest BCUT2D eigenvalue weighted by molar-refractivity contribution is 7.89. The summed E-state index contributed by atoms with van der Waals surface area (Å²) in [5, 5.41) is 4.49. The summed E-state index contributed by atoms with van der Waals surface area (Å²) in [5.74, 6) is 0.853. The highest BCUT2D eigenvalue weighted by Crippen LogP contribution is 2.33. The fourth-order valence-corrected chi connectivity index (χ4v) is 5.69. The van der Waals surface area contributed by atoms with E-state index in [1.807, 2.05) is 24.3 Å². The van der Waals surface area contributed by atoms with Crippen molar-refractivity contribution in [3.8, 4) is 5.75 Å². The van der Waals surface area contributed by atoms with Crippen LogP contribution in [0.15, 0.2) is 47.4 Å². The van der Waals surface area contributed by atoms with Crippen molar-refractivity contribution in [2.75, 3.05) is 18.5 Å². The number of benzene rings is 2. The second-order valence-corrected chi connectivity index (χ2v) is 11.1. The molecule has 2 aliphatic rings. The zero-order valence-electron chi connectivity index (χ0n) is 19.6. The third-order valence-electron chi connectivity index (χ3n) is 6.21. The standard InChI is InChI=1S/C25H30ClN3O5S/c1-17(30)27-24-13-12-22(16-23(24)26)35(32,33)28-29-14-2-4-20(29)5-3-15-34-21-10-8-19(9-11-21)25(31)18-6-7-18/h8-13,16,18,20,28H,2-7,14-15H2,1H3,(H,27,30)/t20-/m1/s1. The van der Waals surface area contributed by atoms with E-state index in [1.165, 1.54) is 25.1 Å². The van der Waals surface area contributed by atoms with Crippen LogP contribution in [0.25, 0.3) is 0 Å². The molecule has 2 fully saturated rings. The fraction of sp³-hybridized carbons (Fsp3) is 0.440. The van der Waals surface area contributed by atoms with Gasteiger partial charge in [-0.2, -0.15) is 0 Å². The Morgan fingerprint density at radius 1 is 1.11 bits per heavy atom. The van der Waals surface area contributed by atoms with E-state index in [0.29, 0.717) is 18.8 Å². The number of ketones is 1.